The standard InChI is InChI=1S/C16H17BrN4O/c17-13-4-5-14(19-11-13)20-16(22)12-6-9-21(10-7-12)15-3-1-2-8-18-15/h1-5,8,11-12H,6-7,9-10H2,(H,19,20,22). The Hall–Kier alpha value is -1.95. The van der Waals surface area contributed by atoms with Gasteiger partial charge < -0.3 is 10.2 Å². The number of carbonyl (C=O) groups excluding carboxylic acids is 1. The van der Waals surface area contributed by atoms with Gasteiger partial charge in [0.05, 0.1) is 0 Å². The molecule has 0 aliphatic carbocycles. The van der Waals surface area contributed by atoms with Crippen molar-refractivity contribution < 1.29 is 4.79 Å². The van der Waals surface area contributed by atoms with Crippen molar-refractivity contribution in [3.63, 3.8) is 0 Å². The van der Waals surface area contributed by atoms with Crippen LogP contribution in [0.15, 0.2) is 47.2 Å². The third-order valence-electron chi connectivity index (χ3n) is 3.82. The Labute approximate surface area is 137 Å². The lowest BCUT2D eigenvalue weighted by atomic mass is 9.96. The molecule has 114 valence electrons. The van der Waals surface area contributed by atoms with E-state index in [1.165, 1.54) is 0 Å². The van der Waals surface area contributed by atoms with Gasteiger partial charge in [0.25, 0.3) is 0 Å². The molecule has 1 saturated heterocycles. The van der Waals surface area contributed by atoms with Crippen molar-refractivity contribution in [2.24, 2.45) is 5.92 Å². The third kappa shape index (κ3) is 3.62. The molecular weight excluding hydrogens is 344 g/mol. The van der Waals surface area contributed by atoms with Gasteiger partial charge in [0.2, 0.25) is 5.91 Å². The van der Waals surface area contributed by atoms with Gasteiger partial charge in [-0.2, -0.15) is 0 Å². The molecule has 3 heterocycles. The van der Waals surface area contributed by atoms with Crippen LogP contribution in [-0.2, 0) is 4.79 Å². The zero-order valence-corrected chi connectivity index (χ0v) is 13.7. The molecule has 0 bridgehead atoms. The van der Waals surface area contributed by atoms with Crippen molar-refractivity contribution in [1.82, 2.24) is 9.97 Å². The van der Waals surface area contributed by atoms with Crippen LogP contribution >= 0.6 is 15.9 Å². The lowest BCUT2D eigenvalue weighted by Gasteiger charge is -2.32. The number of nitrogens with one attached hydrogen (secondary N) is 1. The van der Waals surface area contributed by atoms with Gasteiger partial charge >= 0.3 is 0 Å². The average molecular weight is 361 g/mol. The molecule has 2 aromatic rings. The van der Waals surface area contributed by atoms with Crippen LogP contribution in [0.1, 0.15) is 12.8 Å². The fraction of sp³-hybridized carbons (Fsp3) is 0.312. The minimum atomic E-state index is 0.0328. The average Bonchev–Trinajstić information content (AvgIpc) is 2.58. The minimum absolute atomic E-state index is 0.0328. The Bertz CT molecular complexity index is 624. The van der Waals surface area contributed by atoms with Crippen LogP contribution in [0.4, 0.5) is 11.6 Å². The van der Waals surface area contributed by atoms with E-state index >= 15 is 0 Å². The second-order valence-electron chi connectivity index (χ2n) is 5.30. The number of amides is 1. The second-order valence-corrected chi connectivity index (χ2v) is 6.22. The first kappa shape index (κ1) is 15.0. The predicted molar refractivity (Wildman–Crippen MR) is 89.7 cm³/mol. The number of aromatic nitrogens is 2. The van der Waals surface area contributed by atoms with Gasteiger partial charge in [-0.05, 0) is 53.0 Å². The number of rotatable bonds is 3. The van der Waals surface area contributed by atoms with E-state index in [0.29, 0.717) is 5.82 Å². The maximum Gasteiger partial charge on any atom is 0.228 e. The number of hydrogen-bond acceptors (Lipinski definition) is 4. The van der Waals surface area contributed by atoms with Crippen molar-refractivity contribution in [2.45, 2.75) is 12.8 Å². The molecule has 1 aliphatic heterocycles. The van der Waals surface area contributed by atoms with Crippen LogP contribution in [0.3, 0.4) is 0 Å². The number of pyridine rings is 2. The van der Waals surface area contributed by atoms with Gasteiger partial charge in [0.1, 0.15) is 11.6 Å². The Morgan fingerprint density at radius 1 is 1.18 bits per heavy atom. The van der Waals surface area contributed by atoms with Crippen molar-refractivity contribution in [3.05, 3.63) is 47.2 Å². The number of nitrogens with zero attached hydrogens (tertiary/aromatic N) is 3. The summed E-state index contributed by atoms with van der Waals surface area (Å²) >= 11 is 3.33. The number of hydrogen-bond donors (Lipinski definition) is 1. The monoisotopic (exact) mass is 360 g/mol. The van der Waals surface area contributed by atoms with Crippen molar-refractivity contribution in [3.8, 4) is 0 Å². The number of halogens is 1. The summed E-state index contributed by atoms with van der Waals surface area (Å²) in [6.07, 6.45) is 5.14. The highest BCUT2D eigenvalue weighted by Gasteiger charge is 2.25. The van der Waals surface area contributed by atoms with Crippen LogP contribution in [0.5, 0.6) is 0 Å². The van der Waals surface area contributed by atoms with E-state index in [9.17, 15) is 4.79 Å². The summed E-state index contributed by atoms with van der Waals surface area (Å²) in [5.41, 5.74) is 0. The smallest absolute Gasteiger partial charge is 0.228 e. The first-order valence-electron chi connectivity index (χ1n) is 7.31. The molecule has 0 aromatic carbocycles. The lowest BCUT2D eigenvalue weighted by Crippen LogP contribution is -2.38. The molecule has 0 atom stereocenters. The van der Waals surface area contributed by atoms with E-state index < -0.39 is 0 Å². The van der Waals surface area contributed by atoms with Crippen molar-refractivity contribution in [2.75, 3.05) is 23.3 Å². The summed E-state index contributed by atoms with van der Waals surface area (Å²) in [7, 11) is 0. The molecule has 5 nitrogen and oxygen atoms in total. The molecule has 1 N–H and O–H groups in total. The quantitative estimate of drug-likeness (QED) is 0.913. The number of piperidine rings is 1. The van der Waals surface area contributed by atoms with Crippen LogP contribution in [-0.4, -0.2) is 29.0 Å². The molecule has 3 rings (SSSR count). The Morgan fingerprint density at radius 3 is 2.64 bits per heavy atom. The number of anilines is 2. The lowest BCUT2D eigenvalue weighted by molar-refractivity contribution is -0.120. The van der Waals surface area contributed by atoms with Gasteiger partial charge in [-0.3, -0.25) is 4.79 Å². The summed E-state index contributed by atoms with van der Waals surface area (Å²) in [5.74, 6) is 1.66. The molecule has 22 heavy (non-hydrogen) atoms. The van der Waals surface area contributed by atoms with Crippen molar-refractivity contribution >= 4 is 33.5 Å². The minimum Gasteiger partial charge on any atom is -0.357 e. The van der Waals surface area contributed by atoms with Gasteiger partial charge in [-0.15, -0.1) is 0 Å². The molecule has 0 unspecified atom stereocenters. The van der Waals surface area contributed by atoms with Crippen LogP contribution in [0.25, 0.3) is 0 Å². The third-order valence-corrected chi connectivity index (χ3v) is 4.29. The van der Waals surface area contributed by atoms with Crippen LogP contribution < -0.4 is 10.2 Å². The molecular formula is C16H17BrN4O. The fourth-order valence-electron chi connectivity index (χ4n) is 2.59. The summed E-state index contributed by atoms with van der Waals surface area (Å²) in [4.78, 5) is 23.1. The van der Waals surface area contributed by atoms with E-state index in [1.807, 2.05) is 24.3 Å². The Kier molecular flexibility index (Phi) is 4.68. The highest BCUT2D eigenvalue weighted by Crippen LogP contribution is 2.22. The molecule has 0 saturated carbocycles. The molecule has 1 aliphatic rings. The maximum absolute atomic E-state index is 12.3. The Balaban J connectivity index is 1.54. The molecule has 1 amide bonds. The van der Waals surface area contributed by atoms with E-state index in [-0.39, 0.29) is 11.8 Å². The summed E-state index contributed by atoms with van der Waals surface area (Å²) in [5, 5.41) is 2.89. The van der Waals surface area contributed by atoms with Crippen LogP contribution in [0, 0.1) is 5.92 Å². The van der Waals surface area contributed by atoms with E-state index in [4.69, 9.17) is 0 Å². The highest BCUT2D eigenvalue weighted by molar-refractivity contribution is 9.10. The zero-order chi connectivity index (χ0) is 15.4. The first-order chi connectivity index (χ1) is 10.7. The Morgan fingerprint density at radius 2 is 2.00 bits per heavy atom. The van der Waals surface area contributed by atoms with Gasteiger partial charge in [-0.25, -0.2) is 9.97 Å². The summed E-state index contributed by atoms with van der Waals surface area (Å²) in [6.45, 7) is 1.70. The molecule has 2 aromatic heterocycles. The largest absolute Gasteiger partial charge is 0.357 e. The van der Waals surface area contributed by atoms with Gasteiger partial charge in [0.15, 0.2) is 0 Å². The van der Waals surface area contributed by atoms with E-state index in [2.05, 4.69) is 36.1 Å². The SMILES string of the molecule is O=C(Nc1ccc(Br)cn1)C1CCN(c2ccccn2)CC1. The summed E-state index contributed by atoms with van der Waals surface area (Å²) < 4.78 is 0.897. The predicted octanol–water partition coefficient (Wildman–Crippen LogP) is 3.09. The van der Waals surface area contributed by atoms with Crippen LogP contribution in [0.2, 0.25) is 0 Å². The van der Waals surface area contributed by atoms with Gasteiger partial charge in [-0.1, -0.05) is 6.07 Å². The highest BCUT2D eigenvalue weighted by atomic mass is 79.9. The second kappa shape index (κ2) is 6.87. The fourth-order valence-corrected chi connectivity index (χ4v) is 2.82. The first-order valence-corrected chi connectivity index (χ1v) is 8.10. The zero-order valence-electron chi connectivity index (χ0n) is 12.1. The molecule has 0 spiro atoms. The van der Waals surface area contributed by atoms with E-state index in [0.717, 1.165) is 36.2 Å². The normalized spacial score (nSPS) is 15.6. The maximum atomic E-state index is 12.3. The summed E-state index contributed by atoms with van der Waals surface area (Å²) in [6, 6.07) is 9.57. The molecule has 1 fully saturated rings. The topological polar surface area (TPSA) is 58.1 Å². The van der Waals surface area contributed by atoms with Crippen molar-refractivity contribution in [1.29, 1.82) is 0 Å². The van der Waals surface area contributed by atoms with E-state index in [1.54, 1.807) is 18.5 Å². The van der Waals surface area contributed by atoms with Gasteiger partial charge in [0, 0.05) is 35.9 Å². The molecule has 6 heteroatoms. The number of carbonyl (C=O) groups is 1. The molecule has 0 radical (unpaired) electrons.